The Morgan fingerprint density at radius 2 is 1.96 bits per heavy atom. The van der Waals surface area contributed by atoms with Gasteiger partial charge in [-0.25, -0.2) is 0 Å². The van der Waals surface area contributed by atoms with Crippen molar-refractivity contribution in [1.29, 1.82) is 0 Å². The quantitative estimate of drug-likeness (QED) is 0.687. The van der Waals surface area contributed by atoms with Crippen molar-refractivity contribution in [3.8, 4) is 11.3 Å². The molecule has 1 atom stereocenters. The van der Waals surface area contributed by atoms with Crippen molar-refractivity contribution >= 4 is 28.4 Å². The molecular weight excluding hydrogens is 376 g/mol. The van der Waals surface area contributed by atoms with E-state index in [0.29, 0.717) is 29.2 Å². The van der Waals surface area contributed by atoms with Gasteiger partial charge in [-0.1, -0.05) is 31.5 Å². The number of nitrogens with one attached hydrogen (secondary N) is 2. The number of pyridine rings is 1. The zero-order valence-corrected chi connectivity index (χ0v) is 17.4. The van der Waals surface area contributed by atoms with Gasteiger partial charge in [0.2, 0.25) is 5.91 Å². The summed E-state index contributed by atoms with van der Waals surface area (Å²) in [5.41, 5.74) is 1.79. The van der Waals surface area contributed by atoms with Gasteiger partial charge in [-0.3, -0.25) is 14.3 Å². The zero-order chi connectivity index (χ0) is 20.5. The van der Waals surface area contributed by atoms with Gasteiger partial charge in [0.05, 0.1) is 22.2 Å². The number of carbonyl (C=O) groups excluding carboxylic acids is 1. The maximum atomic E-state index is 12.7. The molecule has 0 spiro atoms. The summed E-state index contributed by atoms with van der Waals surface area (Å²) in [5.74, 6) is -0.0960. The van der Waals surface area contributed by atoms with Crippen LogP contribution < -0.4 is 10.9 Å². The lowest BCUT2D eigenvalue weighted by Crippen LogP contribution is -2.49. The number of carbonyl (C=O) groups is 1. The van der Waals surface area contributed by atoms with Crippen molar-refractivity contribution in [3.63, 3.8) is 0 Å². The van der Waals surface area contributed by atoms with E-state index in [2.05, 4.69) is 15.4 Å². The number of piperidine rings is 1. The Morgan fingerprint density at radius 1 is 1.21 bits per heavy atom. The van der Waals surface area contributed by atoms with E-state index in [1.54, 1.807) is 16.9 Å². The zero-order valence-electron chi connectivity index (χ0n) is 16.6. The average Bonchev–Trinajstić information content (AvgIpc) is 3.07. The first-order valence-electron chi connectivity index (χ1n) is 9.54. The SMILES string of the molecule is CC.Cn1ncc2c(Cl)cc(-c3ccc([C@@]4(C)CCCNC4=O)c(=O)[nH]3)cc21. The molecule has 1 aliphatic rings. The number of amides is 1. The van der Waals surface area contributed by atoms with Gasteiger partial charge in [0.25, 0.3) is 5.56 Å². The van der Waals surface area contributed by atoms with Crippen LogP contribution in [0, 0.1) is 0 Å². The predicted molar refractivity (Wildman–Crippen MR) is 113 cm³/mol. The molecule has 1 aromatic carbocycles. The standard InChI is InChI=1S/C19H19ClN4O2.C2H6/c1-19(6-3-7-21-18(19)26)13-4-5-15(23-17(13)25)11-8-14(20)12-10-22-24(2)16(12)9-11;1-2/h4-5,8-10H,3,6-7H2,1-2H3,(H,21,26)(H,23,25);1-2H3/t19-;/m1./s1. The Bertz CT molecular complexity index is 1090. The summed E-state index contributed by atoms with van der Waals surface area (Å²) in [5, 5.41) is 8.52. The topological polar surface area (TPSA) is 79.8 Å². The number of aryl methyl sites for hydroxylation is 1. The van der Waals surface area contributed by atoms with Gasteiger partial charge in [0.15, 0.2) is 0 Å². The van der Waals surface area contributed by atoms with Crippen molar-refractivity contribution in [2.45, 2.75) is 39.0 Å². The second-order valence-corrected chi connectivity index (χ2v) is 7.37. The number of fused-ring (bicyclic) bond motifs is 1. The van der Waals surface area contributed by atoms with Gasteiger partial charge in [-0.15, -0.1) is 0 Å². The minimum Gasteiger partial charge on any atom is -0.355 e. The van der Waals surface area contributed by atoms with E-state index >= 15 is 0 Å². The maximum Gasteiger partial charge on any atom is 0.252 e. The summed E-state index contributed by atoms with van der Waals surface area (Å²) < 4.78 is 1.74. The van der Waals surface area contributed by atoms with E-state index in [-0.39, 0.29) is 11.5 Å². The number of aromatic amines is 1. The van der Waals surface area contributed by atoms with Crippen molar-refractivity contribution in [3.05, 3.63) is 51.4 Å². The monoisotopic (exact) mass is 400 g/mol. The normalized spacial score (nSPS) is 19.1. The first-order valence-corrected chi connectivity index (χ1v) is 9.92. The third-order valence-corrected chi connectivity index (χ3v) is 5.58. The molecule has 3 heterocycles. The van der Waals surface area contributed by atoms with Gasteiger partial charge >= 0.3 is 0 Å². The highest BCUT2D eigenvalue weighted by molar-refractivity contribution is 6.35. The molecule has 1 amide bonds. The lowest BCUT2D eigenvalue weighted by Gasteiger charge is -2.32. The Kier molecular flexibility index (Phi) is 5.61. The van der Waals surface area contributed by atoms with Crippen molar-refractivity contribution in [1.82, 2.24) is 20.1 Å². The number of H-pyrrole nitrogens is 1. The summed E-state index contributed by atoms with van der Waals surface area (Å²) in [6.45, 7) is 6.48. The molecule has 1 saturated heterocycles. The van der Waals surface area contributed by atoms with Gasteiger partial charge in [-0.2, -0.15) is 5.10 Å². The molecule has 0 bridgehead atoms. The molecule has 0 unspecified atom stereocenters. The summed E-state index contributed by atoms with van der Waals surface area (Å²) in [6, 6.07) is 7.33. The Labute approximate surface area is 168 Å². The molecule has 28 heavy (non-hydrogen) atoms. The molecule has 1 aliphatic heterocycles. The fourth-order valence-electron chi connectivity index (χ4n) is 3.65. The van der Waals surface area contributed by atoms with Crippen LogP contribution in [0.1, 0.15) is 39.2 Å². The van der Waals surface area contributed by atoms with Gasteiger partial charge in [-0.05, 0) is 38.0 Å². The maximum absolute atomic E-state index is 12.7. The van der Waals surface area contributed by atoms with E-state index in [1.807, 2.05) is 46.0 Å². The summed E-state index contributed by atoms with van der Waals surface area (Å²) in [7, 11) is 1.84. The molecule has 0 aliphatic carbocycles. The van der Waals surface area contributed by atoms with E-state index in [4.69, 9.17) is 11.6 Å². The molecule has 3 aromatic rings. The third kappa shape index (κ3) is 3.33. The van der Waals surface area contributed by atoms with Crippen molar-refractivity contribution in [2.24, 2.45) is 7.05 Å². The Morgan fingerprint density at radius 3 is 2.64 bits per heavy atom. The highest BCUT2D eigenvalue weighted by Crippen LogP contribution is 2.32. The fourth-order valence-corrected chi connectivity index (χ4v) is 3.91. The fraction of sp³-hybridized carbons (Fsp3) is 0.381. The lowest BCUT2D eigenvalue weighted by atomic mass is 9.76. The van der Waals surface area contributed by atoms with Crippen molar-refractivity contribution < 1.29 is 4.79 Å². The second kappa shape index (κ2) is 7.80. The smallest absolute Gasteiger partial charge is 0.252 e. The number of halogens is 1. The van der Waals surface area contributed by atoms with Crippen LogP contribution in [0.15, 0.2) is 35.3 Å². The molecule has 7 heteroatoms. The third-order valence-electron chi connectivity index (χ3n) is 5.27. The highest BCUT2D eigenvalue weighted by Gasteiger charge is 2.39. The molecule has 2 aromatic heterocycles. The molecule has 1 fully saturated rings. The second-order valence-electron chi connectivity index (χ2n) is 6.97. The van der Waals surface area contributed by atoms with Crippen LogP contribution in [0.3, 0.4) is 0 Å². The summed E-state index contributed by atoms with van der Waals surface area (Å²) in [6.07, 6.45) is 3.24. The average molecular weight is 401 g/mol. The number of benzene rings is 1. The molecule has 148 valence electrons. The number of rotatable bonds is 2. The molecular formula is C21H25ClN4O2. The van der Waals surface area contributed by atoms with Gasteiger partial charge in [0, 0.05) is 35.8 Å². The van der Waals surface area contributed by atoms with Crippen LogP contribution in [0.5, 0.6) is 0 Å². The van der Waals surface area contributed by atoms with E-state index in [1.165, 1.54) is 0 Å². The van der Waals surface area contributed by atoms with Crippen LogP contribution in [0.2, 0.25) is 5.02 Å². The number of hydrogen-bond donors (Lipinski definition) is 2. The predicted octanol–water partition coefficient (Wildman–Crippen LogP) is 3.78. The Hall–Kier alpha value is -2.60. The van der Waals surface area contributed by atoms with Crippen LogP contribution in [-0.2, 0) is 17.3 Å². The molecule has 2 N–H and O–H groups in total. The van der Waals surface area contributed by atoms with Crippen LogP contribution in [0.4, 0.5) is 0 Å². The number of aromatic nitrogens is 3. The highest BCUT2D eigenvalue weighted by atomic mass is 35.5. The van der Waals surface area contributed by atoms with Crippen molar-refractivity contribution in [2.75, 3.05) is 6.54 Å². The Balaban J connectivity index is 0.00000109. The molecule has 4 rings (SSSR count). The minimum atomic E-state index is -0.798. The van der Waals surface area contributed by atoms with Gasteiger partial charge in [0.1, 0.15) is 0 Å². The summed E-state index contributed by atoms with van der Waals surface area (Å²) in [4.78, 5) is 28.0. The first-order chi connectivity index (χ1) is 13.4. The number of nitrogens with zero attached hydrogens (tertiary/aromatic N) is 2. The molecule has 6 nitrogen and oxygen atoms in total. The van der Waals surface area contributed by atoms with Crippen LogP contribution in [-0.4, -0.2) is 27.2 Å². The molecule has 0 radical (unpaired) electrons. The molecule has 0 saturated carbocycles. The lowest BCUT2D eigenvalue weighted by molar-refractivity contribution is -0.128. The van der Waals surface area contributed by atoms with Gasteiger partial charge < -0.3 is 10.3 Å². The minimum absolute atomic E-state index is 0.0960. The largest absolute Gasteiger partial charge is 0.355 e. The van der Waals surface area contributed by atoms with E-state index < -0.39 is 5.41 Å². The number of hydrogen-bond acceptors (Lipinski definition) is 3. The van der Waals surface area contributed by atoms with Crippen LogP contribution in [0.25, 0.3) is 22.2 Å². The summed E-state index contributed by atoms with van der Waals surface area (Å²) >= 11 is 6.36. The van der Waals surface area contributed by atoms with Crippen LogP contribution >= 0.6 is 11.6 Å². The van der Waals surface area contributed by atoms with E-state index in [9.17, 15) is 9.59 Å². The first kappa shape index (κ1) is 20.1. The van der Waals surface area contributed by atoms with E-state index in [0.717, 1.165) is 22.9 Å².